The van der Waals surface area contributed by atoms with Crippen LogP contribution in [0.4, 0.5) is 0 Å². The normalized spacial score (nSPS) is 11.4. The molecule has 0 aliphatic carbocycles. The molecule has 2 rings (SSSR count). The lowest BCUT2D eigenvalue weighted by Gasteiger charge is -2.04. The number of carboxylic acid groups (broad SMARTS) is 1. The van der Waals surface area contributed by atoms with Crippen LogP contribution in [-0.2, 0) is 10.0 Å². The van der Waals surface area contributed by atoms with Crippen LogP contribution in [0.3, 0.4) is 0 Å². The highest BCUT2D eigenvalue weighted by molar-refractivity contribution is 7.99. The fourth-order valence-electron chi connectivity index (χ4n) is 1.60. The Morgan fingerprint density at radius 2 is 2.00 bits per heavy atom. The van der Waals surface area contributed by atoms with Crippen molar-refractivity contribution in [3.05, 3.63) is 48.3 Å². The average molecular weight is 326 g/mol. The molecule has 21 heavy (non-hydrogen) atoms. The van der Waals surface area contributed by atoms with Crippen LogP contribution in [0.25, 0.3) is 0 Å². The number of carbonyl (C=O) groups is 1. The Kier molecular flexibility index (Phi) is 5.05. The molecule has 0 spiro atoms. The standard InChI is InChI=1S/C13H14N2O4S2/c16-13(17)12-8-11(9-14-12)21(18,19)15-6-7-20-10-4-2-1-3-5-10/h1-5,8-9,14-15H,6-7H2,(H,16,17). The van der Waals surface area contributed by atoms with Gasteiger partial charge in [-0.3, -0.25) is 0 Å². The predicted molar refractivity (Wildman–Crippen MR) is 80.1 cm³/mol. The molecule has 0 aliphatic heterocycles. The van der Waals surface area contributed by atoms with Gasteiger partial charge in [0.15, 0.2) is 0 Å². The number of carboxylic acids is 1. The molecule has 6 nitrogen and oxygen atoms in total. The summed E-state index contributed by atoms with van der Waals surface area (Å²) in [6.45, 7) is 0.259. The third-order valence-corrected chi connectivity index (χ3v) is 5.06. The third kappa shape index (κ3) is 4.35. The molecule has 0 bridgehead atoms. The molecular weight excluding hydrogens is 312 g/mol. The van der Waals surface area contributed by atoms with E-state index in [2.05, 4.69) is 9.71 Å². The van der Waals surface area contributed by atoms with Crippen LogP contribution in [0, 0.1) is 0 Å². The fraction of sp³-hybridized carbons (Fsp3) is 0.154. The van der Waals surface area contributed by atoms with Crippen molar-refractivity contribution in [2.24, 2.45) is 0 Å². The molecule has 0 amide bonds. The first-order valence-electron chi connectivity index (χ1n) is 6.08. The number of thioether (sulfide) groups is 1. The highest BCUT2D eigenvalue weighted by Crippen LogP contribution is 2.16. The third-order valence-electron chi connectivity index (χ3n) is 2.60. The Balaban J connectivity index is 1.88. The fourth-order valence-corrected chi connectivity index (χ4v) is 3.54. The van der Waals surface area contributed by atoms with Gasteiger partial charge in [-0.15, -0.1) is 11.8 Å². The van der Waals surface area contributed by atoms with Gasteiger partial charge in [0.2, 0.25) is 10.0 Å². The lowest BCUT2D eigenvalue weighted by molar-refractivity contribution is 0.0691. The summed E-state index contributed by atoms with van der Waals surface area (Å²) in [6, 6.07) is 10.7. The summed E-state index contributed by atoms with van der Waals surface area (Å²) in [5, 5.41) is 8.75. The van der Waals surface area contributed by atoms with Crippen molar-refractivity contribution < 1.29 is 18.3 Å². The average Bonchev–Trinajstić information content (AvgIpc) is 2.96. The molecule has 0 saturated heterocycles. The van der Waals surface area contributed by atoms with Gasteiger partial charge in [0, 0.05) is 23.4 Å². The van der Waals surface area contributed by atoms with E-state index in [1.807, 2.05) is 30.3 Å². The lowest BCUT2D eigenvalue weighted by Crippen LogP contribution is -2.25. The van der Waals surface area contributed by atoms with Crippen molar-refractivity contribution in [3.8, 4) is 0 Å². The van der Waals surface area contributed by atoms with Gasteiger partial charge in [-0.05, 0) is 18.2 Å². The maximum Gasteiger partial charge on any atom is 0.352 e. The molecule has 8 heteroatoms. The second-order valence-corrected chi connectivity index (χ2v) is 7.05. The Morgan fingerprint density at radius 1 is 1.29 bits per heavy atom. The number of aromatic carboxylic acids is 1. The van der Waals surface area contributed by atoms with Crippen molar-refractivity contribution in [2.45, 2.75) is 9.79 Å². The van der Waals surface area contributed by atoms with Gasteiger partial charge in [0.1, 0.15) is 10.6 Å². The predicted octanol–water partition coefficient (Wildman–Crippen LogP) is 1.78. The number of aromatic nitrogens is 1. The van der Waals surface area contributed by atoms with E-state index < -0.39 is 16.0 Å². The number of aromatic amines is 1. The van der Waals surface area contributed by atoms with Gasteiger partial charge in [-0.25, -0.2) is 17.9 Å². The van der Waals surface area contributed by atoms with Gasteiger partial charge in [0.05, 0.1) is 0 Å². The van der Waals surface area contributed by atoms with Crippen molar-refractivity contribution in [1.29, 1.82) is 0 Å². The van der Waals surface area contributed by atoms with Crippen molar-refractivity contribution >= 4 is 27.8 Å². The Bertz CT molecular complexity index is 711. The molecule has 0 saturated carbocycles. The van der Waals surface area contributed by atoms with Gasteiger partial charge in [0.25, 0.3) is 0 Å². The van der Waals surface area contributed by atoms with Crippen molar-refractivity contribution in [1.82, 2.24) is 9.71 Å². The molecule has 0 unspecified atom stereocenters. The molecule has 112 valence electrons. The summed E-state index contributed by atoms with van der Waals surface area (Å²) in [5.41, 5.74) is -0.158. The van der Waals surface area contributed by atoms with E-state index in [9.17, 15) is 13.2 Å². The first kappa shape index (κ1) is 15.6. The summed E-state index contributed by atoms with van der Waals surface area (Å²) in [7, 11) is -3.69. The maximum atomic E-state index is 11.9. The molecule has 3 N–H and O–H groups in total. The zero-order chi connectivity index (χ0) is 15.3. The zero-order valence-corrected chi connectivity index (χ0v) is 12.6. The van der Waals surface area contributed by atoms with Crippen LogP contribution in [-0.4, -0.2) is 36.8 Å². The summed E-state index contributed by atoms with van der Waals surface area (Å²) in [4.78, 5) is 14.1. The van der Waals surface area contributed by atoms with Gasteiger partial charge >= 0.3 is 5.97 Å². The Morgan fingerprint density at radius 3 is 2.62 bits per heavy atom. The van der Waals surface area contributed by atoms with E-state index in [0.717, 1.165) is 17.2 Å². The Labute approximate surface area is 126 Å². The van der Waals surface area contributed by atoms with Gasteiger partial charge in [-0.1, -0.05) is 18.2 Å². The zero-order valence-electron chi connectivity index (χ0n) is 10.9. The number of benzene rings is 1. The number of hydrogen-bond donors (Lipinski definition) is 3. The largest absolute Gasteiger partial charge is 0.477 e. The quantitative estimate of drug-likeness (QED) is 0.532. The minimum Gasteiger partial charge on any atom is -0.477 e. The molecule has 0 fully saturated rings. The van der Waals surface area contributed by atoms with E-state index in [4.69, 9.17) is 5.11 Å². The molecule has 0 atom stereocenters. The first-order valence-corrected chi connectivity index (χ1v) is 8.55. The lowest BCUT2D eigenvalue weighted by atomic mass is 10.4. The van der Waals surface area contributed by atoms with Crippen molar-refractivity contribution in [3.63, 3.8) is 0 Å². The van der Waals surface area contributed by atoms with Crippen LogP contribution in [0.2, 0.25) is 0 Å². The molecule has 2 aromatic rings. The van der Waals surface area contributed by atoms with Gasteiger partial charge in [-0.2, -0.15) is 0 Å². The summed E-state index contributed by atoms with van der Waals surface area (Å²) < 4.78 is 26.3. The van der Waals surface area contributed by atoms with Crippen LogP contribution < -0.4 is 4.72 Å². The van der Waals surface area contributed by atoms with Crippen LogP contribution in [0.15, 0.2) is 52.4 Å². The number of nitrogens with one attached hydrogen (secondary N) is 2. The highest BCUT2D eigenvalue weighted by Gasteiger charge is 2.17. The summed E-state index contributed by atoms with van der Waals surface area (Å²) >= 11 is 1.54. The smallest absolute Gasteiger partial charge is 0.352 e. The number of hydrogen-bond acceptors (Lipinski definition) is 4. The molecular formula is C13H14N2O4S2. The van der Waals surface area contributed by atoms with E-state index in [1.54, 1.807) is 0 Å². The Hall–Kier alpha value is -1.77. The monoisotopic (exact) mass is 326 g/mol. The molecule has 1 aromatic carbocycles. The second-order valence-electron chi connectivity index (χ2n) is 4.11. The summed E-state index contributed by atoms with van der Waals surface area (Å²) in [6.07, 6.45) is 1.16. The topological polar surface area (TPSA) is 99.3 Å². The molecule has 0 aliphatic rings. The molecule has 0 radical (unpaired) electrons. The van der Waals surface area contributed by atoms with Crippen LogP contribution >= 0.6 is 11.8 Å². The SMILES string of the molecule is O=C(O)c1cc(S(=O)(=O)NCCSc2ccccc2)c[nH]1. The number of rotatable bonds is 7. The highest BCUT2D eigenvalue weighted by atomic mass is 32.2. The van der Waals surface area contributed by atoms with Crippen molar-refractivity contribution in [2.75, 3.05) is 12.3 Å². The first-order chi connectivity index (χ1) is 9.99. The van der Waals surface area contributed by atoms with E-state index in [-0.39, 0.29) is 17.1 Å². The van der Waals surface area contributed by atoms with E-state index in [1.165, 1.54) is 11.8 Å². The molecule has 1 aromatic heterocycles. The molecule has 1 heterocycles. The minimum absolute atomic E-state index is 0.0791. The second kappa shape index (κ2) is 6.79. The van der Waals surface area contributed by atoms with Crippen LogP contribution in [0.1, 0.15) is 10.5 Å². The van der Waals surface area contributed by atoms with Gasteiger partial charge < -0.3 is 10.1 Å². The maximum absolute atomic E-state index is 11.9. The number of sulfonamides is 1. The minimum atomic E-state index is -3.69. The van der Waals surface area contributed by atoms with E-state index in [0.29, 0.717) is 5.75 Å². The summed E-state index contributed by atoms with van der Waals surface area (Å²) in [5.74, 6) is -0.615. The van der Waals surface area contributed by atoms with Crippen LogP contribution in [0.5, 0.6) is 0 Å². The van der Waals surface area contributed by atoms with E-state index >= 15 is 0 Å². The number of H-pyrrole nitrogens is 1.